The van der Waals surface area contributed by atoms with Crippen LogP contribution in [0.5, 0.6) is 0 Å². The predicted molar refractivity (Wildman–Crippen MR) is 80.8 cm³/mol. The predicted octanol–water partition coefficient (Wildman–Crippen LogP) is 2.71. The Bertz CT molecular complexity index is 553. The fraction of sp³-hybridized carbons (Fsp3) is 0.571. The van der Waals surface area contributed by atoms with Crippen LogP contribution >= 0.6 is 11.8 Å². The summed E-state index contributed by atoms with van der Waals surface area (Å²) in [6.07, 6.45) is 2.07. The van der Waals surface area contributed by atoms with E-state index in [1.807, 2.05) is 11.8 Å². The molecule has 21 heavy (non-hydrogen) atoms. The number of thioether (sulfide) groups is 1. The van der Waals surface area contributed by atoms with E-state index in [1.165, 1.54) is 0 Å². The summed E-state index contributed by atoms with van der Waals surface area (Å²) in [6.45, 7) is 0.495. The monoisotopic (exact) mass is 333 g/mol. The zero-order valence-electron chi connectivity index (χ0n) is 11.4. The lowest BCUT2D eigenvalue weighted by Gasteiger charge is -2.37. The Morgan fingerprint density at radius 2 is 2.10 bits per heavy atom. The summed E-state index contributed by atoms with van der Waals surface area (Å²) < 4.78 is 46.4. The average molecular weight is 333 g/mol. The molecular formula is C14H17F2NO2S2. The lowest BCUT2D eigenvalue weighted by Crippen LogP contribution is -2.43. The van der Waals surface area contributed by atoms with E-state index < -0.39 is 22.4 Å². The third-order valence-corrected chi connectivity index (χ3v) is 7.06. The van der Waals surface area contributed by atoms with Crippen LogP contribution in [-0.4, -0.2) is 33.2 Å². The Morgan fingerprint density at radius 1 is 1.38 bits per heavy atom. The van der Waals surface area contributed by atoms with Crippen LogP contribution in [0.1, 0.15) is 19.3 Å². The van der Waals surface area contributed by atoms with E-state index in [4.69, 9.17) is 10.5 Å². The first-order valence-electron chi connectivity index (χ1n) is 6.88. The quantitative estimate of drug-likeness (QED) is 0.846. The zero-order chi connectivity index (χ0) is 15.0. The Labute approximate surface area is 129 Å². The molecule has 1 aromatic rings. The van der Waals surface area contributed by atoms with Gasteiger partial charge in [-0.05, 0) is 37.1 Å². The number of benzene rings is 1. The maximum Gasteiger partial charge on any atom is 0.144 e. The fourth-order valence-electron chi connectivity index (χ4n) is 2.97. The van der Waals surface area contributed by atoms with E-state index in [2.05, 4.69) is 0 Å². The lowest BCUT2D eigenvalue weighted by atomic mass is 9.93. The van der Waals surface area contributed by atoms with Gasteiger partial charge in [0, 0.05) is 23.3 Å². The van der Waals surface area contributed by atoms with Crippen LogP contribution in [0.15, 0.2) is 17.0 Å². The summed E-state index contributed by atoms with van der Waals surface area (Å²) in [6, 6.07) is 2.05. The highest BCUT2D eigenvalue weighted by Crippen LogP contribution is 2.40. The Hall–Kier alpha value is -0.660. The summed E-state index contributed by atoms with van der Waals surface area (Å²) in [4.78, 5) is -0.350. The van der Waals surface area contributed by atoms with E-state index in [1.54, 1.807) is 0 Å². The molecule has 0 aliphatic carbocycles. The molecule has 1 aromatic carbocycles. The number of hydrogen-bond donors (Lipinski definition) is 1. The molecule has 2 aliphatic rings. The van der Waals surface area contributed by atoms with E-state index >= 15 is 0 Å². The highest BCUT2D eigenvalue weighted by atomic mass is 32.2. The second-order valence-electron chi connectivity index (χ2n) is 5.56. The van der Waals surface area contributed by atoms with Crippen LogP contribution in [-0.2, 0) is 15.5 Å². The van der Waals surface area contributed by atoms with Crippen LogP contribution < -0.4 is 5.73 Å². The molecule has 7 heteroatoms. The van der Waals surface area contributed by atoms with Crippen molar-refractivity contribution in [3.05, 3.63) is 23.8 Å². The first-order valence-corrected chi connectivity index (χ1v) is 9.24. The normalized spacial score (nSPS) is 30.7. The second-order valence-corrected chi connectivity index (χ2v) is 8.33. The van der Waals surface area contributed by atoms with Crippen LogP contribution in [0.25, 0.3) is 0 Å². The number of nitrogens with two attached hydrogens (primary N) is 1. The fourth-order valence-corrected chi connectivity index (χ4v) is 5.95. The number of halogens is 2. The van der Waals surface area contributed by atoms with Crippen LogP contribution in [0, 0.1) is 11.6 Å². The number of nitrogen functional groups attached to an aromatic ring is 1. The van der Waals surface area contributed by atoms with E-state index in [9.17, 15) is 13.0 Å². The summed E-state index contributed by atoms with van der Waals surface area (Å²) >= 11 is 1.81. The third-order valence-electron chi connectivity index (χ3n) is 4.04. The smallest absolute Gasteiger partial charge is 0.144 e. The van der Waals surface area contributed by atoms with Gasteiger partial charge >= 0.3 is 0 Å². The maximum absolute atomic E-state index is 13.9. The topological polar surface area (TPSA) is 52.3 Å². The molecule has 0 amide bonds. The van der Waals surface area contributed by atoms with Gasteiger partial charge in [0.05, 0.1) is 16.4 Å². The van der Waals surface area contributed by atoms with Gasteiger partial charge in [-0.2, -0.15) is 11.8 Å². The first kappa shape index (κ1) is 15.2. The molecule has 2 aliphatic heterocycles. The molecule has 3 atom stereocenters. The highest BCUT2D eigenvalue weighted by Gasteiger charge is 2.43. The average Bonchev–Trinajstić information content (AvgIpc) is 2.85. The van der Waals surface area contributed by atoms with E-state index in [0.29, 0.717) is 19.4 Å². The largest absolute Gasteiger partial charge is 0.399 e. The van der Waals surface area contributed by atoms with Crippen molar-refractivity contribution < 1.29 is 17.7 Å². The maximum atomic E-state index is 13.9. The van der Waals surface area contributed by atoms with Gasteiger partial charge < -0.3 is 10.5 Å². The zero-order valence-corrected chi connectivity index (χ0v) is 13.1. The van der Waals surface area contributed by atoms with Crippen molar-refractivity contribution in [2.24, 2.45) is 0 Å². The molecule has 0 aromatic heterocycles. The highest BCUT2D eigenvalue weighted by molar-refractivity contribution is 7.99. The van der Waals surface area contributed by atoms with Crippen molar-refractivity contribution in [3.8, 4) is 0 Å². The summed E-state index contributed by atoms with van der Waals surface area (Å²) in [5.41, 5.74) is 5.14. The molecule has 3 rings (SSSR count). The molecular weight excluding hydrogens is 316 g/mol. The molecule has 0 radical (unpaired) electrons. The van der Waals surface area contributed by atoms with Crippen LogP contribution in [0.2, 0.25) is 0 Å². The van der Waals surface area contributed by atoms with Gasteiger partial charge in [0.1, 0.15) is 16.5 Å². The van der Waals surface area contributed by atoms with Crippen molar-refractivity contribution in [2.45, 2.75) is 35.0 Å². The molecule has 3 unspecified atom stereocenters. The Balaban J connectivity index is 1.85. The molecule has 2 saturated heterocycles. The van der Waals surface area contributed by atoms with Crippen LogP contribution in [0.4, 0.5) is 14.5 Å². The van der Waals surface area contributed by atoms with E-state index in [0.717, 1.165) is 30.1 Å². The number of ether oxygens (including phenoxy) is 1. The van der Waals surface area contributed by atoms with Crippen molar-refractivity contribution in [1.29, 1.82) is 0 Å². The molecule has 2 heterocycles. The molecule has 1 spiro atoms. The lowest BCUT2D eigenvalue weighted by molar-refractivity contribution is -0.0567. The standard InChI is InChI=1S/C14H17F2NO2S2/c15-11-5-9(17)6-12(16)13(11)21(18)10-1-3-19-14(7-10)2-4-20-8-14/h5-6,10H,1-4,7-8,17H2. The van der Waals surface area contributed by atoms with Crippen molar-refractivity contribution in [2.75, 3.05) is 23.8 Å². The van der Waals surface area contributed by atoms with Gasteiger partial charge in [-0.15, -0.1) is 0 Å². The third kappa shape index (κ3) is 2.96. The minimum atomic E-state index is -1.72. The molecule has 2 fully saturated rings. The van der Waals surface area contributed by atoms with Gasteiger partial charge in [0.25, 0.3) is 0 Å². The number of anilines is 1. The Morgan fingerprint density at radius 3 is 2.71 bits per heavy atom. The number of hydrogen-bond acceptors (Lipinski definition) is 4. The first-order chi connectivity index (χ1) is 10.0. The summed E-state index contributed by atoms with van der Waals surface area (Å²) in [7, 11) is -1.72. The second kappa shape index (κ2) is 5.85. The Kier molecular flexibility index (Phi) is 4.25. The van der Waals surface area contributed by atoms with Gasteiger partial charge in [-0.25, -0.2) is 8.78 Å². The molecule has 0 saturated carbocycles. The van der Waals surface area contributed by atoms with Gasteiger partial charge in [-0.3, -0.25) is 4.21 Å². The molecule has 2 N–H and O–H groups in total. The minimum absolute atomic E-state index is 0.00129. The molecule has 3 nitrogen and oxygen atoms in total. The van der Waals surface area contributed by atoms with Crippen LogP contribution in [0.3, 0.4) is 0 Å². The summed E-state index contributed by atoms with van der Waals surface area (Å²) in [5.74, 6) is 0.233. The van der Waals surface area contributed by atoms with Crippen molar-refractivity contribution in [1.82, 2.24) is 0 Å². The minimum Gasteiger partial charge on any atom is -0.399 e. The van der Waals surface area contributed by atoms with E-state index in [-0.39, 0.29) is 21.4 Å². The number of rotatable bonds is 2. The van der Waals surface area contributed by atoms with Crippen molar-refractivity contribution in [3.63, 3.8) is 0 Å². The molecule has 116 valence electrons. The molecule has 0 bridgehead atoms. The SMILES string of the molecule is Nc1cc(F)c(S(=O)C2CCOC3(CCSC3)C2)c(F)c1. The van der Waals surface area contributed by atoms with Gasteiger partial charge in [0.2, 0.25) is 0 Å². The van der Waals surface area contributed by atoms with Gasteiger partial charge in [0.15, 0.2) is 0 Å². The van der Waals surface area contributed by atoms with Crippen molar-refractivity contribution >= 4 is 28.2 Å². The summed E-state index contributed by atoms with van der Waals surface area (Å²) in [5, 5.41) is -0.273. The van der Waals surface area contributed by atoms with Gasteiger partial charge in [-0.1, -0.05) is 0 Å².